The Balaban J connectivity index is 2.15. The summed E-state index contributed by atoms with van der Waals surface area (Å²) >= 11 is 7.38. The lowest BCUT2D eigenvalue weighted by atomic mass is 9.87. The Labute approximate surface area is 132 Å². The van der Waals surface area contributed by atoms with Crippen molar-refractivity contribution in [3.8, 4) is 10.6 Å². The van der Waals surface area contributed by atoms with Gasteiger partial charge in [0.2, 0.25) is 11.0 Å². The van der Waals surface area contributed by atoms with Gasteiger partial charge in [0, 0.05) is 5.56 Å². The molecule has 1 amide bonds. The van der Waals surface area contributed by atoms with Crippen LogP contribution in [0.4, 0.5) is 5.13 Å². The SMILES string of the molecule is CC(C)(C)[C@H](N)C(=O)Nc1nnc(-c2ccccc2Cl)s1. The number of hydrogen-bond acceptors (Lipinski definition) is 5. The summed E-state index contributed by atoms with van der Waals surface area (Å²) in [7, 11) is 0. The third kappa shape index (κ3) is 3.78. The molecule has 0 radical (unpaired) electrons. The van der Waals surface area contributed by atoms with Crippen LogP contribution < -0.4 is 11.1 Å². The van der Waals surface area contributed by atoms with Crippen LogP contribution in [0.3, 0.4) is 0 Å². The second-order valence-corrected chi connectivity index (χ2v) is 7.11. The van der Waals surface area contributed by atoms with E-state index in [1.54, 1.807) is 6.07 Å². The lowest BCUT2D eigenvalue weighted by Gasteiger charge is -2.25. The number of nitrogens with two attached hydrogens (primary N) is 1. The number of amides is 1. The zero-order valence-corrected chi connectivity index (χ0v) is 13.6. The molecule has 7 heteroatoms. The summed E-state index contributed by atoms with van der Waals surface area (Å²) in [5.74, 6) is -0.274. The average molecular weight is 325 g/mol. The van der Waals surface area contributed by atoms with E-state index >= 15 is 0 Å². The summed E-state index contributed by atoms with van der Waals surface area (Å²) in [6, 6.07) is 6.74. The fraction of sp³-hybridized carbons (Fsp3) is 0.357. The second-order valence-electron chi connectivity index (χ2n) is 5.73. The molecule has 0 aliphatic carbocycles. The lowest BCUT2D eigenvalue weighted by Crippen LogP contribution is -2.45. The van der Waals surface area contributed by atoms with Crippen molar-refractivity contribution in [1.82, 2.24) is 10.2 Å². The molecule has 0 aliphatic rings. The molecule has 1 aromatic heterocycles. The predicted octanol–water partition coefficient (Wildman–Crippen LogP) is 3.17. The molecule has 0 unspecified atom stereocenters. The van der Waals surface area contributed by atoms with E-state index in [1.165, 1.54) is 11.3 Å². The number of halogens is 1. The van der Waals surface area contributed by atoms with Crippen LogP contribution in [-0.2, 0) is 4.79 Å². The first kappa shape index (κ1) is 15.9. The van der Waals surface area contributed by atoms with Crippen molar-refractivity contribution in [2.24, 2.45) is 11.1 Å². The highest BCUT2D eigenvalue weighted by atomic mass is 35.5. The molecular formula is C14H17ClN4OS. The summed E-state index contributed by atoms with van der Waals surface area (Å²) in [5, 5.41) is 12.4. The molecule has 3 N–H and O–H groups in total. The third-order valence-corrected chi connectivity index (χ3v) is 4.18. The Kier molecular flexibility index (Phi) is 4.61. The van der Waals surface area contributed by atoms with Crippen molar-refractivity contribution in [3.05, 3.63) is 29.3 Å². The number of aromatic nitrogens is 2. The van der Waals surface area contributed by atoms with Crippen LogP contribution in [0.15, 0.2) is 24.3 Å². The normalized spacial score (nSPS) is 13.0. The Hall–Kier alpha value is -1.50. The fourth-order valence-electron chi connectivity index (χ4n) is 1.59. The first-order valence-corrected chi connectivity index (χ1v) is 7.63. The number of carbonyl (C=O) groups excluding carboxylic acids is 1. The van der Waals surface area contributed by atoms with Crippen LogP contribution in [0.2, 0.25) is 5.02 Å². The van der Waals surface area contributed by atoms with Gasteiger partial charge in [0.25, 0.3) is 0 Å². The molecule has 1 atom stereocenters. The Morgan fingerprint density at radius 3 is 2.62 bits per heavy atom. The molecule has 5 nitrogen and oxygen atoms in total. The quantitative estimate of drug-likeness (QED) is 0.908. The van der Waals surface area contributed by atoms with E-state index in [1.807, 2.05) is 39.0 Å². The van der Waals surface area contributed by atoms with E-state index in [9.17, 15) is 4.79 Å². The van der Waals surface area contributed by atoms with Gasteiger partial charge in [-0.05, 0) is 11.5 Å². The Morgan fingerprint density at radius 1 is 1.33 bits per heavy atom. The largest absolute Gasteiger partial charge is 0.319 e. The van der Waals surface area contributed by atoms with Gasteiger partial charge in [0.15, 0.2) is 5.01 Å². The summed E-state index contributed by atoms with van der Waals surface area (Å²) in [6.45, 7) is 5.73. The highest BCUT2D eigenvalue weighted by Crippen LogP contribution is 2.31. The minimum Gasteiger partial charge on any atom is -0.319 e. The molecule has 112 valence electrons. The van der Waals surface area contributed by atoms with E-state index in [4.69, 9.17) is 17.3 Å². The predicted molar refractivity (Wildman–Crippen MR) is 86.4 cm³/mol. The lowest BCUT2D eigenvalue weighted by molar-refractivity contribution is -0.119. The van der Waals surface area contributed by atoms with Gasteiger partial charge >= 0.3 is 0 Å². The monoisotopic (exact) mass is 324 g/mol. The zero-order valence-electron chi connectivity index (χ0n) is 12.1. The van der Waals surface area contributed by atoms with Crippen LogP contribution >= 0.6 is 22.9 Å². The number of anilines is 1. The molecule has 0 saturated carbocycles. The zero-order chi connectivity index (χ0) is 15.6. The molecule has 21 heavy (non-hydrogen) atoms. The van der Waals surface area contributed by atoms with Gasteiger partial charge in [0.05, 0.1) is 11.1 Å². The van der Waals surface area contributed by atoms with Crippen LogP contribution in [0.5, 0.6) is 0 Å². The number of hydrogen-bond donors (Lipinski definition) is 2. The van der Waals surface area contributed by atoms with Gasteiger partial charge in [-0.1, -0.05) is 61.9 Å². The van der Waals surface area contributed by atoms with Crippen molar-refractivity contribution in [1.29, 1.82) is 0 Å². The first-order valence-electron chi connectivity index (χ1n) is 6.44. The molecule has 0 bridgehead atoms. The molecule has 0 fully saturated rings. The second kappa shape index (κ2) is 6.09. The van der Waals surface area contributed by atoms with E-state index in [0.29, 0.717) is 15.2 Å². The summed E-state index contributed by atoms with van der Waals surface area (Å²) in [6.07, 6.45) is 0. The Bertz CT molecular complexity index is 650. The minimum absolute atomic E-state index is 0.274. The van der Waals surface area contributed by atoms with E-state index in [2.05, 4.69) is 15.5 Å². The van der Waals surface area contributed by atoms with E-state index in [-0.39, 0.29) is 11.3 Å². The molecular weight excluding hydrogens is 308 g/mol. The van der Waals surface area contributed by atoms with Gasteiger partial charge in [-0.3, -0.25) is 10.1 Å². The van der Waals surface area contributed by atoms with E-state index < -0.39 is 6.04 Å². The molecule has 0 aliphatic heterocycles. The average Bonchev–Trinajstić information content (AvgIpc) is 2.85. The first-order chi connectivity index (χ1) is 9.79. The highest BCUT2D eigenvalue weighted by molar-refractivity contribution is 7.18. The maximum atomic E-state index is 12.0. The topological polar surface area (TPSA) is 80.9 Å². The van der Waals surface area contributed by atoms with Crippen LogP contribution in [0.25, 0.3) is 10.6 Å². The van der Waals surface area contributed by atoms with Crippen LogP contribution in [0, 0.1) is 5.41 Å². The number of nitrogens with zero attached hydrogens (tertiary/aromatic N) is 2. The van der Waals surface area contributed by atoms with Gasteiger partial charge < -0.3 is 5.73 Å². The standard InChI is InChI=1S/C14H17ClN4OS/c1-14(2,3)10(16)11(20)17-13-19-18-12(21-13)8-6-4-5-7-9(8)15/h4-7,10H,16H2,1-3H3,(H,17,19,20)/t10-/m1/s1. The van der Waals surface area contributed by atoms with Crippen molar-refractivity contribution in [2.45, 2.75) is 26.8 Å². The molecule has 0 spiro atoms. The summed E-state index contributed by atoms with van der Waals surface area (Å²) in [4.78, 5) is 12.0. The smallest absolute Gasteiger partial charge is 0.243 e. The van der Waals surface area contributed by atoms with Crippen molar-refractivity contribution < 1.29 is 4.79 Å². The summed E-state index contributed by atoms with van der Waals surface area (Å²) in [5.41, 5.74) is 6.38. The van der Waals surface area contributed by atoms with Crippen molar-refractivity contribution >= 4 is 34.0 Å². The fourth-order valence-corrected chi connectivity index (χ4v) is 2.66. The number of nitrogens with one attached hydrogen (secondary N) is 1. The van der Waals surface area contributed by atoms with Gasteiger partial charge in [-0.15, -0.1) is 10.2 Å². The Morgan fingerprint density at radius 2 is 2.00 bits per heavy atom. The molecule has 1 heterocycles. The van der Waals surface area contributed by atoms with Gasteiger partial charge in [-0.25, -0.2) is 0 Å². The molecule has 2 rings (SSSR count). The van der Waals surface area contributed by atoms with Crippen molar-refractivity contribution in [2.75, 3.05) is 5.32 Å². The maximum absolute atomic E-state index is 12.0. The minimum atomic E-state index is -0.620. The van der Waals surface area contributed by atoms with Crippen LogP contribution in [0.1, 0.15) is 20.8 Å². The highest BCUT2D eigenvalue weighted by Gasteiger charge is 2.28. The molecule has 0 saturated heterocycles. The maximum Gasteiger partial charge on any atom is 0.243 e. The third-order valence-electron chi connectivity index (χ3n) is 2.97. The molecule has 1 aromatic carbocycles. The summed E-state index contributed by atoms with van der Waals surface area (Å²) < 4.78 is 0. The van der Waals surface area contributed by atoms with Crippen molar-refractivity contribution in [3.63, 3.8) is 0 Å². The van der Waals surface area contributed by atoms with Gasteiger partial charge in [0.1, 0.15) is 0 Å². The number of carbonyl (C=O) groups is 1. The molecule has 2 aromatic rings. The van der Waals surface area contributed by atoms with Crippen LogP contribution in [-0.4, -0.2) is 22.1 Å². The van der Waals surface area contributed by atoms with E-state index in [0.717, 1.165) is 5.56 Å². The number of rotatable bonds is 3. The number of benzene rings is 1. The van der Waals surface area contributed by atoms with Gasteiger partial charge in [-0.2, -0.15) is 0 Å².